The molecule has 0 aromatic heterocycles. The fourth-order valence-corrected chi connectivity index (χ4v) is 1.95. The zero-order valence-corrected chi connectivity index (χ0v) is 12.5. The largest absolute Gasteiger partial charge is 0.465 e. The highest BCUT2D eigenvalue weighted by molar-refractivity contribution is 5.72. The van der Waals surface area contributed by atoms with E-state index in [1.54, 1.807) is 0 Å². The van der Waals surface area contributed by atoms with Gasteiger partial charge in [-0.25, -0.2) is 0 Å². The smallest absolute Gasteiger partial charge is 0.310 e. The van der Waals surface area contributed by atoms with Crippen LogP contribution in [0.15, 0.2) is 54.6 Å². The summed E-state index contributed by atoms with van der Waals surface area (Å²) in [7, 11) is 0. The van der Waals surface area contributed by atoms with E-state index < -0.39 is 0 Å². The lowest BCUT2D eigenvalue weighted by atomic mass is 10.1. The number of hydrogen-bond acceptors (Lipinski definition) is 2. The molecule has 0 fully saturated rings. The molecule has 1 rings (SSSR count). The number of hydrogen-bond donors (Lipinski definition) is 0. The normalized spacial score (nSPS) is 12.8. The maximum Gasteiger partial charge on any atom is 0.310 e. The van der Waals surface area contributed by atoms with Crippen LogP contribution in [-0.2, 0) is 16.0 Å². The van der Waals surface area contributed by atoms with Crippen molar-refractivity contribution in [2.24, 2.45) is 5.92 Å². The van der Waals surface area contributed by atoms with E-state index in [4.69, 9.17) is 4.74 Å². The van der Waals surface area contributed by atoms with Crippen LogP contribution in [0, 0.1) is 5.92 Å². The molecule has 0 spiro atoms. The van der Waals surface area contributed by atoms with Gasteiger partial charge in [0.25, 0.3) is 0 Å². The molecule has 1 aromatic rings. The van der Waals surface area contributed by atoms with E-state index in [1.807, 2.05) is 36.4 Å². The summed E-state index contributed by atoms with van der Waals surface area (Å²) >= 11 is 0. The van der Waals surface area contributed by atoms with Crippen molar-refractivity contribution in [1.29, 1.82) is 0 Å². The van der Waals surface area contributed by atoms with E-state index in [9.17, 15) is 4.79 Å². The van der Waals surface area contributed by atoms with Crippen molar-refractivity contribution < 1.29 is 9.53 Å². The predicted molar refractivity (Wildman–Crippen MR) is 83.5 cm³/mol. The number of ether oxygens (including phenoxy) is 1. The average Bonchev–Trinajstić information content (AvgIpc) is 2.44. The van der Waals surface area contributed by atoms with Gasteiger partial charge < -0.3 is 4.74 Å². The van der Waals surface area contributed by atoms with Crippen LogP contribution in [0.3, 0.4) is 0 Å². The highest BCUT2D eigenvalue weighted by Gasteiger charge is 2.04. The number of rotatable bonds is 8. The van der Waals surface area contributed by atoms with Crippen molar-refractivity contribution in [2.75, 3.05) is 6.61 Å². The lowest BCUT2D eigenvalue weighted by Crippen LogP contribution is -2.09. The lowest BCUT2D eigenvalue weighted by molar-refractivity contribution is -0.142. The van der Waals surface area contributed by atoms with Gasteiger partial charge in [0.05, 0.1) is 13.0 Å². The molecule has 0 heterocycles. The number of esters is 1. The first-order valence-electron chi connectivity index (χ1n) is 7.11. The van der Waals surface area contributed by atoms with Gasteiger partial charge in [-0.3, -0.25) is 4.79 Å². The SMILES string of the molecule is C=CC(C)/C=C(\C)CCCOC(=O)Cc1ccccc1. The average molecular weight is 272 g/mol. The Kier molecular flexibility index (Phi) is 7.41. The van der Waals surface area contributed by atoms with Crippen LogP contribution < -0.4 is 0 Å². The van der Waals surface area contributed by atoms with Crippen molar-refractivity contribution in [3.8, 4) is 0 Å². The van der Waals surface area contributed by atoms with E-state index >= 15 is 0 Å². The third kappa shape index (κ3) is 6.93. The quantitative estimate of drug-likeness (QED) is 0.400. The second-order valence-corrected chi connectivity index (χ2v) is 5.09. The second-order valence-electron chi connectivity index (χ2n) is 5.09. The zero-order valence-electron chi connectivity index (χ0n) is 12.5. The molecule has 2 heteroatoms. The molecule has 0 saturated heterocycles. The van der Waals surface area contributed by atoms with Gasteiger partial charge in [0.15, 0.2) is 0 Å². The Morgan fingerprint density at radius 1 is 1.35 bits per heavy atom. The fourth-order valence-electron chi connectivity index (χ4n) is 1.95. The maximum absolute atomic E-state index is 11.6. The van der Waals surface area contributed by atoms with Crippen LogP contribution in [0.4, 0.5) is 0 Å². The van der Waals surface area contributed by atoms with Crippen molar-refractivity contribution in [3.05, 3.63) is 60.2 Å². The van der Waals surface area contributed by atoms with E-state index in [-0.39, 0.29) is 5.97 Å². The summed E-state index contributed by atoms with van der Waals surface area (Å²) in [6.45, 7) is 8.46. The molecule has 1 aromatic carbocycles. The zero-order chi connectivity index (χ0) is 14.8. The van der Waals surface area contributed by atoms with Gasteiger partial charge in [0.2, 0.25) is 0 Å². The summed E-state index contributed by atoms with van der Waals surface area (Å²) in [5.74, 6) is 0.243. The summed E-state index contributed by atoms with van der Waals surface area (Å²) < 4.78 is 5.24. The van der Waals surface area contributed by atoms with Crippen molar-refractivity contribution in [2.45, 2.75) is 33.1 Å². The molecule has 0 radical (unpaired) electrons. The van der Waals surface area contributed by atoms with Crippen molar-refractivity contribution in [1.82, 2.24) is 0 Å². The third-order valence-electron chi connectivity index (χ3n) is 3.09. The van der Waals surface area contributed by atoms with Gasteiger partial charge >= 0.3 is 5.97 Å². The van der Waals surface area contributed by atoms with Gasteiger partial charge in [0.1, 0.15) is 0 Å². The molecule has 0 saturated carbocycles. The lowest BCUT2D eigenvalue weighted by Gasteiger charge is -2.06. The first-order chi connectivity index (χ1) is 9.61. The molecule has 0 aliphatic carbocycles. The first kappa shape index (κ1) is 16.2. The molecular weight excluding hydrogens is 248 g/mol. The number of benzene rings is 1. The van der Waals surface area contributed by atoms with Crippen LogP contribution in [-0.4, -0.2) is 12.6 Å². The van der Waals surface area contributed by atoms with Crippen LogP contribution in [0.1, 0.15) is 32.3 Å². The molecule has 0 aliphatic rings. The molecule has 1 unspecified atom stereocenters. The Bertz CT molecular complexity index is 446. The van der Waals surface area contributed by atoms with Crippen LogP contribution in [0.25, 0.3) is 0 Å². The topological polar surface area (TPSA) is 26.3 Å². The second kappa shape index (κ2) is 9.13. The summed E-state index contributed by atoms with van der Waals surface area (Å²) in [4.78, 5) is 11.6. The van der Waals surface area contributed by atoms with E-state index in [2.05, 4.69) is 26.5 Å². The Hall–Kier alpha value is -1.83. The summed E-state index contributed by atoms with van der Waals surface area (Å²) in [6.07, 6.45) is 6.29. The summed E-state index contributed by atoms with van der Waals surface area (Å²) in [6, 6.07) is 9.67. The molecule has 108 valence electrons. The molecule has 2 nitrogen and oxygen atoms in total. The third-order valence-corrected chi connectivity index (χ3v) is 3.09. The standard InChI is InChI=1S/C18H24O2/c1-4-15(2)13-16(3)9-8-12-20-18(19)14-17-10-6-5-7-11-17/h4-7,10-11,13,15H,1,8-9,12,14H2,2-3H3/b16-13+. The monoisotopic (exact) mass is 272 g/mol. The van der Waals surface area contributed by atoms with Crippen LogP contribution >= 0.6 is 0 Å². The van der Waals surface area contributed by atoms with Gasteiger partial charge in [0, 0.05) is 0 Å². The highest BCUT2D eigenvalue weighted by atomic mass is 16.5. The fraction of sp³-hybridized carbons (Fsp3) is 0.389. The van der Waals surface area contributed by atoms with Crippen LogP contribution in [0.2, 0.25) is 0 Å². The Morgan fingerprint density at radius 3 is 2.70 bits per heavy atom. The molecule has 0 aliphatic heterocycles. The van der Waals surface area contributed by atoms with Gasteiger partial charge in [-0.05, 0) is 31.2 Å². The molecule has 0 bridgehead atoms. The predicted octanol–water partition coefficient (Wildman–Crippen LogP) is 4.32. The summed E-state index contributed by atoms with van der Waals surface area (Å²) in [5, 5.41) is 0. The highest BCUT2D eigenvalue weighted by Crippen LogP contribution is 2.09. The Balaban J connectivity index is 2.19. The molecule has 0 N–H and O–H groups in total. The summed E-state index contributed by atoms with van der Waals surface area (Å²) in [5.41, 5.74) is 2.31. The number of carbonyl (C=O) groups excluding carboxylic acids is 1. The van der Waals surface area contributed by atoms with Crippen molar-refractivity contribution in [3.63, 3.8) is 0 Å². The minimum Gasteiger partial charge on any atom is -0.465 e. The first-order valence-corrected chi connectivity index (χ1v) is 7.11. The Labute approximate surface area is 122 Å². The van der Waals surface area contributed by atoms with E-state index in [0.29, 0.717) is 18.9 Å². The molecule has 20 heavy (non-hydrogen) atoms. The Morgan fingerprint density at radius 2 is 2.05 bits per heavy atom. The molecule has 1 atom stereocenters. The number of carbonyl (C=O) groups is 1. The van der Waals surface area contributed by atoms with Gasteiger partial charge in [-0.1, -0.05) is 55.0 Å². The van der Waals surface area contributed by atoms with Crippen LogP contribution in [0.5, 0.6) is 0 Å². The van der Waals surface area contributed by atoms with E-state index in [1.165, 1.54) is 5.57 Å². The molecular formula is C18H24O2. The molecule has 0 amide bonds. The van der Waals surface area contributed by atoms with Gasteiger partial charge in [-0.2, -0.15) is 0 Å². The van der Waals surface area contributed by atoms with E-state index in [0.717, 1.165) is 18.4 Å². The number of allylic oxidation sites excluding steroid dienone is 3. The minimum absolute atomic E-state index is 0.155. The van der Waals surface area contributed by atoms with Gasteiger partial charge in [-0.15, -0.1) is 6.58 Å². The van der Waals surface area contributed by atoms with Crippen molar-refractivity contribution >= 4 is 5.97 Å². The maximum atomic E-state index is 11.6. The minimum atomic E-state index is -0.155.